The Morgan fingerprint density at radius 2 is 2.33 bits per heavy atom. The van der Waals surface area contributed by atoms with E-state index in [0.29, 0.717) is 5.96 Å². The summed E-state index contributed by atoms with van der Waals surface area (Å²) in [5.41, 5.74) is 7.63. The van der Waals surface area contributed by atoms with Gasteiger partial charge in [0.25, 0.3) is 0 Å². The minimum absolute atomic E-state index is 0.458. The lowest BCUT2D eigenvalue weighted by Gasteiger charge is -2.22. The number of nitrogens with two attached hydrogens (primary N) is 1. The molecule has 0 aromatic carbocycles. The van der Waals surface area contributed by atoms with Gasteiger partial charge in [-0.2, -0.15) is 0 Å². The standard InChI is InChI=1S/C9H13N3/c1-7-4-5-12(8(2)6-7)9(10)11-3/h4-6H,2H2,1,3H3,(H2,10,11). The van der Waals surface area contributed by atoms with Gasteiger partial charge >= 0.3 is 0 Å². The third-order valence-electron chi connectivity index (χ3n) is 1.67. The molecular weight excluding hydrogens is 150 g/mol. The van der Waals surface area contributed by atoms with Crippen molar-refractivity contribution in [2.24, 2.45) is 10.7 Å². The van der Waals surface area contributed by atoms with Crippen molar-refractivity contribution < 1.29 is 0 Å². The molecule has 1 heterocycles. The lowest BCUT2D eigenvalue weighted by atomic mass is 10.2. The van der Waals surface area contributed by atoms with Crippen molar-refractivity contribution in [3.8, 4) is 0 Å². The van der Waals surface area contributed by atoms with Gasteiger partial charge in [-0.25, -0.2) is 0 Å². The summed E-state index contributed by atoms with van der Waals surface area (Å²) in [6.45, 7) is 5.86. The van der Waals surface area contributed by atoms with Gasteiger partial charge in [0.2, 0.25) is 0 Å². The summed E-state index contributed by atoms with van der Waals surface area (Å²) in [6.07, 6.45) is 5.78. The number of aliphatic imine (C=N–C) groups is 1. The van der Waals surface area contributed by atoms with Crippen LogP contribution in [0.3, 0.4) is 0 Å². The van der Waals surface area contributed by atoms with E-state index in [2.05, 4.69) is 11.6 Å². The molecule has 0 aromatic rings. The van der Waals surface area contributed by atoms with Gasteiger partial charge < -0.3 is 5.73 Å². The van der Waals surface area contributed by atoms with Crippen molar-refractivity contribution >= 4 is 5.96 Å². The second-order valence-electron chi connectivity index (χ2n) is 2.65. The molecule has 0 saturated carbocycles. The molecule has 1 aliphatic rings. The van der Waals surface area contributed by atoms with Gasteiger partial charge in [0.15, 0.2) is 5.96 Å². The summed E-state index contributed by atoms with van der Waals surface area (Å²) in [6, 6.07) is 0. The molecular formula is C9H13N3. The molecule has 3 heteroatoms. The van der Waals surface area contributed by atoms with Crippen LogP contribution in [0.4, 0.5) is 0 Å². The first kappa shape index (κ1) is 8.59. The molecule has 0 spiro atoms. The normalized spacial score (nSPS) is 18.2. The summed E-state index contributed by atoms with van der Waals surface area (Å²) in [4.78, 5) is 5.61. The zero-order valence-corrected chi connectivity index (χ0v) is 7.41. The molecule has 0 fully saturated rings. The fourth-order valence-electron chi connectivity index (χ4n) is 1.000. The molecule has 0 unspecified atom stereocenters. The molecule has 0 aromatic heterocycles. The Morgan fingerprint density at radius 3 is 2.83 bits per heavy atom. The largest absolute Gasteiger partial charge is 0.369 e. The van der Waals surface area contributed by atoms with Gasteiger partial charge in [0, 0.05) is 18.9 Å². The average molecular weight is 163 g/mol. The Hall–Kier alpha value is -1.51. The van der Waals surface area contributed by atoms with Crippen molar-refractivity contribution in [2.45, 2.75) is 6.92 Å². The second kappa shape index (κ2) is 3.26. The van der Waals surface area contributed by atoms with E-state index in [-0.39, 0.29) is 0 Å². The number of hydrogen-bond acceptors (Lipinski definition) is 1. The van der Waals surface area contributed by atoms with Crippen LogP contribution in [-0.4, -0.2) is 17.9 Å². The summed E-state index contributed by atoms with van der Waals surface area (Å²) in [5.74, 6) is 0.458. The predicted octanol–water partition coefficient (Wildman–Crippen LogP) is 1.22. The number of hydrogen-bond donors (Lipinski definition) is 1. The minimum Gasteiger partial charge on any atom is -0.369 e. The molecule has 1 rings (SSSR count). The van der Waals surface area contributed by atoms with E-state index in [0.717, 1.165) is 5.70 Å². The maximum absolute atomic E-state index is 5.62. The second-order valence-corrected chi connectivity index (χ2v) is 2.65. The molecule has 0 aliphatic carbocycles. The number of nitrogens with zero attached hydrogens (tertiary/aromatic N) is 2. The molecule has 3 nitrogen and oxygen atoms in total. The highest BCUT2D eigenvalue weighted by Gasteiger charge is 2.08. The van der Waals surface area contributed by atoms with Crippen LogP contribution in [0.5, 0.6) is 0 Å². The van der Waals surface area contributed by atoms with Crippen LogP contribution in [0.15, 0.2) is 41.2 Å². The molecule has 0 amide bonds. The topological polar surface area (TPSA) is 41.6 Å². The van der Waals surface area contributed by atoms with E-state index in [4.69, 9.17) is 5.73 Å². The highest BCUT2D eigenvalue weighted by molar-refractivity contribution is 5.81. The smallest absolute Gasteiger partial charge is 0.199 e. The summed E-state index contributed by atoms with van der Waals surface area (Å²) in [5, 5.41) is 0. The number of allylic oxidation sites excluding steroid dienone is 3. The molecule has 0 radical (unpaired) electrons. The molecule has 12 heavy (non-hydrogen) atoms. The van der Waals surface area contributed by atoms with E-state index in [1.54, 1.807) is 11.9 Å². The summed E-state index contributed by atoms with van der Waals surface area (Å²) in [7, 11) is 1.65. The maximum Gasteiger partial charge on any atom is 0.199 e. The van der Waals surface area contributed by atoms with Crippen LogP contribution in [0.25, 0.3) is 0 Å². The monoisotopic (exact) mass is 163 g/mol. The van der Waals surface area contributed by atoms with Crippen LogP contribution in [-0.2, 0) is 0 Å². The quantitative estimate of drug-likeness (QED) is 0.431. The molecule has 2 N–H and O–H groups in total. The SMILES string of the molecule is C=C1C=C(C)C=CN1C(N)=NC. The van der Waals surface area contributed by atoms with E-state index in [1.807, 2.05) is 25.3 Å². The van der Waals surface area contributed by atoms with Gasteiger partial charge in [-0.15, -0.1) is 0 Å². The van der Waals surface area contributed by atoms with E-state index < -0.39 is 0 Å². The van der Waals surface area contributed by atoms with Crippen molar-refractivity contribution in [3.63, 3.8) is 0 Å². The zero-order chi connectivity index (χ0) is 9.14. The third kappa shape index (κ3) is 1.56. The molecule has 1 aliphatic heterocycles. The fraction of sp³-hybridized carbons (Fsp3) is 0.222. The van der Waals surface area contributed by atoms with Gasteiger partial charge in [0.05, 0.1) is 0 Å². The predicted molar refractivity (Wildman–Crippen MR) is 51.4 cm³/mol. The van der Waals surface area contributed by atoms with Crippen molar-refractivity contribution in [1.82, 2.24) is 4.90 Å². The van der Waals surface area contributed by atoms with Gasteiger partial charge in [-0.1, -0.05) is 6.58 Å². The molecule has 0 saturated heterocycles. The number of rotatable bonds is 0. The fourth-order valence-corrected chi connectivity index (χ4v) is 1.000. The third-order valence-corrected chi connectivity index (χ3v) is 1.67. The van der Waals surface area contributed by atoms with Crippen LogP contribution in [0.2, 0.25) is 0 Å². The summed E-state index contributed by atoms with van der Waals surface area (Å²) < 4.78 is 0. The Morgan fingerprint density at radius 1 is 1.67 bits per heavy atom. The first-order valence-corrected chi connectivity index (χ1v) is 3.72. The van der Waals surface area contributed by atoms with E-state index in [1.165, 1.54) is 5.57 Å². The van der Waals surface area contributed by atoms with Gasteiger partial charge in [-0.05, 0) is 24.6 Å². The average Bonchev–Trinajstić information content (AvgIpc) is 2.03. The van der Waals surface area contributed by atoms with Gasteiger partial charge in [-0.3, -0.25) is 9.89 Å². The zero-order valence-electron chi connectivity index (χ0n) is 7.41. The Bertz CT molecular complexity index is 284. The Labute approximate surface area is 72.6 Å². The van der Waals surface area contributed by atoms with Crippen molar-refractivity contribution in [1.29, 1.82) is 0 Å². The number of guanidine groups is 1. The minimum atomic E-state index is 0.458. The van der Waals surface area contributed by atoms with Crippen molar-refractivity contribution in [2.75, 3.05) is 7.05 Å². The molecule has 64 valence electrons. The lowest BCUT2D eigenvalue weighted by Crippen LogP contribution is -2.32. The summed E-state index contributed by atoms with van der Waals surface area (Å²) >= 11 is 0. The Balaban J connectivity index is 2.87. The van der Waals surface area contributed by atoms with E-state index >= 15 is 0 Å². The highest BCUT2D eigenvalue weighted by atomic mass is 15.2. The maximum atomic E-state index is 5.62. The van der Waals surface area contributed by atoms with Crippen LogP contribution in [0, 0.1) is 0 Å². The van der Waals surface area contributed by atoms with Gasteiger partial charge in [0.1, 0.15) is 0 Å². The molecule has 0 bridgehead atoms. The first-order chi connectivity index (χ1) is 5.65. The first-order valence-electron chi connectivity index (χ1n) is 3.72. The van der Waals surface area contributed by atoms with Crippen molar-refractivity contribution in [3.05, 3.63) is 36.2 Å². The lowest BCUT2D eigenvalue weighted by molar-refractivity contribution is 0.694. The Kier molecular flexibility index (Phi) is 2.33. The van der Waals surface area contributed by atoms with Crippen LogP contribution >= 0.6 is 0 Å². The van der Waals surface area contributed by atoms with Crippen LogP contribution in [0.1, 0.15) is 6.92 Å². The van der Waals surface area contributed by atoms with Crippen LogP contribution < -0.4 is 5.73 Å². The van der Waals surface area contributed by atoms with E-state index in [9.17, 15) is 0 Å². The highest BCUT2D eigenvalue weighted by Crippen LogP contribution is 2.14. The molecule has 0 atom stereocenters.